The molecule has 0 fully saturated rings. The van der Waals surface area contributed by atoms with Gasteiger partial charge in [0.2, 0.25) is 0 Å². The van der Waals surface area contributed by atoms with E-state index in [0.29, 0.717) is 5.56 Å². The first-order valence-corrected chi connectivity index (χ1v) is 5.15. The maximum Gasteiger partial charge on any atom is 0.418 e. The molecule has 0 saturated heterocycles. The molecule has 0 N–H and O–H groups in total. The number of ketones is 1. The summed E-state index contributed by atoms with van der Waals surface area (Å²) >= 11 is 10.8. The van der Waals surface area contributed by atoms with E-state index in [4.69, 9.17) is 23.2 Å². The molecule has 0 bridgehead atoms. The van der Waals surface area contributed by atoms with Gasteiger partial charge in [0, 0.05) is 5.56 Å². The van der Waals surface area contributed by atoms with Crippen LogP contribution in [0, 0.1) is 6.92 Å². The number of aryl methyl sites for hydroxylation is 1. The van der Waals surface area contributed by atoms with Crippen molar-refractivity contribution in [3.05, 3.63) is 33.8 Å². The molecular weight excluding hydrogens is 264 g/mol. The van der Waals surface area contributed by atoms with Gasteiger partial charge in [-0.1, -0.05) is 11.6 Å². The third kappa shape index (κ3) is 2.68. The second-order valence-corrected chi connectivity index (χ2v) is 3.90. The standard InChI is InChI=1S/C10H7Cl2F3O/c1-5-2-6(8(16)4-11)9(7(12)3-5)10(13,14)15/h2-3H,4H2,1H3. The average molecular weight is 271 g/mol. The summed E-state index contributed by atoms with van der Waals surface area (Å²) in [6, 6.07) is 2.30. The lowest BCUT2D eigenvalue weighted by Crippen LogP contribution is -2.15. The molecule has 1 nitrogen and oxygen atoms in total. The molecule has 0 atom stereocenters. The Hall–Kier alpha value is -0.740. The highest BCUT2D eigenvalue weighted by atomic mass is 35.5. The van der Waals surface area contributed by atoms with Crippen LogP contribution in [-0.2, 0) is 6.18 Å². The lowest BCUT2D eigenvalue weighted by molar-refractivity contribution is -0.137. The first kappa shape index (κ1) is 13.3. The zero-order chi connectivity index (χ0) is 12.5. The van der Waals surface area contributed by atoms with Crippen molar-refractivity contribution in [1.82, 2.24) is 0 Å². The molecule has 1 aromatic rings. The van der Waals surface area contributed by atoms with Crippen molar-refractivity contribution in [2.75, 3.05) is 5.88 Å². The van der Waals surface area contributed by atoms with Crippen LogP contribution in [0.15, 0.2) is 12.1 Å². The van der Waals surface area contributed by atoms with Crippen molar-refractivity contribution >= 4 is 29.0 Å². The van der Waals surface area contributed by atoms with Gasteiger partial charge < -0.3 is 0 Å². The summed E-state index contributed by atoms with van der Waals surface area (Å²) in [4.78, 5) is 11.3. The number of benzene rings is 1. The van der Waals surface area contributed by atoms with Crippen LogP contribution in [0.5, 0.6) is 0 Å². The van der Waals surface area contributed by atoms with Crippen molar-refractivity contribution in [3.8, 4) is 0 Å². The molecule has 1 rings (SSSR count). The third-order valence-corrected chi connectivity index (χ3v) is 2.48. The Morgan fingerprint density at radius 1 is 1.38 bits per heavy atom. The fourth-order valence-electron chi connectivity index (χ4n) is 1.32. The summed E-state index contributed by atoms with van der Waals surface area (Å²) in [5, 5.41) is -0.485. The predicted molar refractivity (Wildman–Crippen MR) is 56.2 cm³/mol. The number of hydrogen-bond acceptors (Lipinski definition) is 1. The van der Waals surface area contributed by atoms with Gasteiger partial charge in [-0.3, -0.25) is 4.79 Å². The molecule has 1 aromatic carbocycles. The van der Waals surface area contributed by atoms with Crippen LogP contribution in [-0.4, -0.2) is 11.7 Å². The van der Waals surface area contributed by atoms with Crippen molar-refractivity contribution in [2.24, 2.45) is 0 Å². The smallest absolute Gasteiger partial charge is 0.293 e. The van der Waals surface area contributed by atoms with E-state index in [9.17, 15) is 18.0 Å². The summed E-state index contributed by atoms with van der Waals surface area (Å²) in [7, 11) is 0. The quantitative estimate of drug-likeness (QED) is 0.585. The van der Waals surface area contributed by atoms with Crippen LogP contribution in [0.2, 0.25) is 5.02 Å². The summed E-state index contributed by atoms with van der Waals surface area (Å²) in [6.45, 7) is 1.55. The Morgan fingerprint density at radius 3 is 2.38 bits per heavy atom. The van der Waals surface area contributed by atoms with E-state index < -0.39 is 34.0 Å². The highest BCUT2D eigenvalue weighted by molar-refractivity contribution is 6.33. The highest BCUT2D eigenvalue weighted by Crippen LogP contribution is 2.38. The Balaban J connectivity index is 3.51. The molecule has 0 spiro atoms. The van der Waals surface area contributed by atoms with Crippen LogP contribution in [0.4, 0.5) is 13.2 Å². The van der Waals surface area contributed by atoms with E-state index in [1.165, 1.54) is 0 Å². The maximum atomic E-state index is 12.7. The van der Waals surface area contributed by atoms with Crippen LogP contribution in [0.1, 0.15) is 21.5 Å². The Bertz CT molecular complexity index is 427. The summed E-state index contributed by atoms with van der Waals surface area (Å²) in [6.07, 6.45) is -4.66. The molecule has 0 amide bonds. The first-order valence-electron chi connectivity index (χ1n) is 4.24. The van der Waals surface area contributed by atoms with Crippen LogP contribution >= 0.6 is 23.2 Å². The lowest BCUT2D eigenvalue weighted by atomic mass is 10.0. The van der Waals surface area contributed by atoms with E-state index in [-0.39, 0.29) is 0 Å². The Kier molecular flexibility index (Phi) is 3.86. The molecule has 0 unspecified atom stereocenters. The fourth-order valence-corrected chi connectivity index (χ4v) is 1.85. The van der Waals surface area contributed by atoms with Gasteiger partial charge in [-0.05, 0) is 24.6 Å². The van der Waals surface area contributed by atoms with E-state index in [1.54, 1.807) is 6.92 Å². The normalized spacial score (nSPS) is 11.6. The minimum Gasteiger partial charge on any atom is -0.293 e. The summed E-state index contributed by atoms with van der Waals surface area (Å²) in [5.74, 6) is -1.30. The molecule has 6 heteroatoms. The van der Waals surface area contributed by atoms with Crippen LogP contribution in [0.25, 0.3) is 0 Å². The van der Waals surface area contributed by atoms with Gasteiger partial charge >= 0.3 is 6.18 Å². The van der Waals surface area contributed by atoms with Crippen molar-refractivity contribution < 1.29 is 18.0 Å². The van der Waals surface area contributed by atoms with Crippen molar-refractivity contribution in [1.29, 1.82) is 0 Å². The van der Waals surface area contributed by atoms with E-state index in [1.807, 2.05) is 0 Å². The van der Waals surface area contributed by atoms with Gasteiger partial charge in [0.25, 0.3) is 0 Å². The van der Waals surface area contributed by atoms with Crippen LogP contribution < -0.4 is 0 Å². The number of carbonyl (C=O) groups is 1. The number of rotatable bonds is 2. The lowest BCUT2D eigenvalue weighted by Gasteiger charge is -2.14. The third-order valence-electron chi connectivity index (χ3n) is 1.94. The number of halogens is 5. The molecule has 16 heavy (non-hydrogen) atoms. The van der Waals surface area contributed by atoms with Crippen LogP contribution in [0.3, 0.4) is 0 Å². The van der Waals surface area contributed by atoms with Crippen molar-refractivity contribution in [3.63, 3.8) is 0 Å². The number of carbonyl (C=O) groups excluding carboxylic acids is 1. The second-order valence-electron chi connectivity index (χ2n) is 3.22. The number of hydrogen-bond donors (Lipinski definition) is 0. The molecule has 0 radical (unpaired) electrons. The van der Waals surface area contributed by atoms with E-state index in [0.717, 1.165) is 12.1 Å². The van der Waals surface area contributed by atoms with Gasteiger partial charge in [0.15, 0.2) is 5.78 Å². The summed E-state index contributed by atoms with van der Waals surface area (Å²) in [5.41, 5.74) is -1.12. The zero-order valence-corrected chi connectivity index (χ0v) is 9.67. The topological polar surface area (TPSA) is 17.1 Å². The van der Waals surface area contributed by atoms with Gasteiger partial charge in [-0.25, -0.2) is 0 Å². The molecule has 0 aromatic heterocycles. The SMILES string of the molecule is Cc1cc(Cl)c(C(F)(F)F)c(C(=O)CCl)c1. The maximum absolute atomic E-state index is 12.7. The van der Waals surface area contributed by atoms with E-state index in [2.05, 4.69) is 0 Å². The molecule has 0 saturated carbocycles. The second kappa shape index (κ2) is 4.63. The highest BCUT2D eigenvalue weighted by Gasteiger charge is 2.37. The number of alkyl halides is 4. The minimum absolute atomic E-state index is 0.478. The number of Topliss-reactive ketones (excluding diaryl/α,β-unsaturated/α-hetero) is 1. The Labute approximate surface area is 100 Å². The molecule has 0 heterocycles. The molecule has 0 aliphatic carbocycles. The van der Waals surface area contributed by atoms with E-state index >= 15 is 0 Å². The zero-order valence-electron chi connectivity index (χ0n) is 8.16. The Morgan fingerprint density at radius 2 is 1.94 bits per heavy atom. The molecule has 0 aliphatic heterocycles. The van der Waals surface area contributed by atoms with Gasteiger partial charge in [0.05, 0.1) is 16.5 Å². The molecule has 88 valence electrons. The fraction of sp³-hybridized carbons (Fsp3) is 0.300. The largest absolute Gasteiger partial charge is 0.418 e. The molecular formula is C10H7Cl2F3O. The summed E-state index contributed by atoms with van der Waals surface area (Å²) < 4.78 is 38.0. The first-order chi connectivity index (χ1) is 7.27. The average Bonchev–Trinajstić information content (AvgIpc) is 2.12. The van der Waals surface area contributed by atoms with Gasteiger partial charge in [0.1, 0.15) is 0 Å². The minimum atomic E-state index is -4.66. The monoisotopic (exact) mass is 270 g/mol. The molecule has 0 aliphatic rings. The van der Waals surface area contributed by atoms with Crippen molar-refractivity contribution in [2.45, 2.75) is 13.1 Å². The van der Waals surface area contributed by atoms with Gasteiger partial charge in [-0.2, -0.15) is 13.2 Å². The predicted octanol–water partition coefficient (Wildman–Crippen LogP) is 4.09. The van der Waals surface area contributed by atoms with Gasteiger partial charge in [-0.15, -0.1) is 11.6 Å².